The van der Waals surface area contributed by atoms with Gasteiger partial charge in [0.1, 0.15) is 0 Å². The van der Waals surface area contributed by atoms with Crippen LogP contribution in [0, 0.1) is 35.5 Å². The molecule has 1 aliphatic carbocycles. The molecule has 4 atom stereocenters. The van der Waals surface area contributed by atoms with Crippen LogP contribution in [0.4, 0.5) is 0 Å². The molecule has 1 fully saturated rings. The van der Waals surface area contributed by atoms with E-state index in [2.05, 4.69) is 27.7 Å². The predicted octanol–water partition coefficient (Wildman–Crippen LogP) is 7.27. The molecular weight excluding hydrogens is 512 g/mol. The Bertz CT molecular complexity index is 685. The molecule has 0 spiro atoms. The van der Waals surface area contributed by atoms with Gasteiger partial charge in [-0.1, -0.05) is 105 Å². The second kappa shape index (κ2) is 20.7. The van der Waals surface area contributed by atoms with Crippen LogP contribution in [0.25, 0.3) is 0 Å². The smallest absolute Gasteiger partial charge is 0.309 e. The van der Waals surface area contributed by atoms with Crippen molar-refractivity contribution in [3.8, 4) is 0 Å². The van der Waals surface area contributed by atoms with Gasteiger partial charge in [0.05, 0.1) is 36.9 Å². The van der Waals surface area contributed by atoms with Crippen LogP contribution in [0.3, 0.4) is 0 Å². The fourth-order valence-electron chi connectivity index (χ4n) is 5.55. The number of carbonyl (C=O) groups is 4. The van der Waals surface area contributed by atoms with Crippen molar-refractivity contribution in [2.75, 3.05) is 13.2 Å². The maximum absolute atomic E-state index is 13.0. The molecule has 0 heterocycles. The number of unbranched alkanes of at least 4 members (excludes halogenated alkanes) is 10. The molecule has 0 aliphatic heterocycles. The van der Waals surface area contributed by atoms with Crippen molar-refractivity contribution in [3.63, 3.8) is 0 Å². The minimum Gasteiger partial charge on any atom is -0.481 e. The number of hydrogen-bond acceptors (Lipinski definition) is 6. The Morgan fingerprint density at radius 2 is 0.825 bits per heavy atom. The average molecular weight is 569 g/mol. The number of rotatable bonds is 22. The summed E-state index contributed by atoms with van der Waals surface area (Å²) in [4.78, 5) is 49.5. The Morgan fingerprint density at radius 3 is 1.12 bits per heavy atom. The third-order valence-corrected chi connectivity index (χ3v) is 8.07. The number of carboxylic acids is 2. The maximum Gasteiger partial charge on any atom is 0.309 e. The molecule has 232 valence electrons. The number of carbonyl (C=O) groups excluding carboxylic acids is 2. The van der Waals surface area contributed by atoms with Gasteiger partial charge in [-0.25, -0.2) is 0 Å². The standard InChI is InChI=1S/C32H56O8/c1-23(2)17-13-9-5-7-11-15-19-39-31(37)27-21-25(29(33)34)26(30(35)36)22-28(27)32(38)40-20-16-12-8-6-10-14-18-24(3)4/h23-28H,5-22H2,1-4H3,(H,33,34)(H,35,36). The number of esters is 2. The summed E-state index contributed by atoms with van der Waals surface area (Å²) in [5.41, 5.74) is 0. The van der Waals surface area contributed by atoms with Crippen LogP contribution >= 0.6 is 0 Å². The molecule has 0 aromatic heterocycles. The Labute approximate surface area is 242 Å². The fraction of sp³-hybridized carbons (Fsp3) is 0.875. The summed E-state index contributed by atoms with van der Waals surface area (Å²) >= 11 is 0. The number of ether oxygens (including phenoxy) is 2. The minimum absolute atomic E-state index is 0.209. The molecule has 8 heteroatoms. The first-order chi connectivity index (χ1) is 19.0. The van der Waals surface area contributed by atoms with E-state index >= 15 is 0 Å². The van der Waals surface area contributed by atoms with E-state index < -0.39 is 47.5 Å². The van der Waals surface area contributed by atoms with Gasteiger partial charge in [-0.2, -0.15) is 0 Å². The average Bonchev–Trinajstić information content (AvgIpc) is 2.89. The molecule has 0 amide bonds. The van der Waals surface area contributed by atoms with Crippen molar-refractivity contribution in [2.45, 2.75) is 130 Å². The highest BCUT2D eigenvalue weighted by Crippen LogP contribution is 2.40. The maximum atomic E-state index is 13.0. The van der Waals surface area contributed by atoms with E-state index in [4.69, 9.17) is 9.47 Å². The molecule has 0 aromatic carbocycles. The topological polar surface area (TPSA) is 127 Å². The third kappa shape index (κ3) is 15.0. The summed E-state index contributed by atoms with van der Waals surface area (Å²) in [5, 5.41) is 19.2. The van der Waals surface area contributed by atoms with Crippen LogP contribution in [-0.4, -0.2) is 47.3 Å². The zero-order valence-electron chi connectivity index (χ0n) is 25.5. The number of carboxylic acid groups (broad SMARTS) is 2. The lowest BCUT2D eigenvalue weighted by Crippen LogP contribution is -2.46. The quantitative estimate of drug-likeness (QED) is 0.103. The van der Waals surface area contributed by atoms with Gasteiger partial charge in [-0.3, -0.25) is 19.2 Å². The fourth-order valence-corrected chi connectivity index (χ4v) is 5.55. The van der Waals surface area contributed by atoms with Gasteiger partial charge in [-0.15, -0.1) is 0 Å². The van der Waals surface area contributed by atoms with Crippen LogP contribution in [0.5, 0.6) is 0 Å². The normalized spacial score (nSPS) is 20.9. The molecule has 4 unspecified atom stereocenters. The summed E-state index contributed by atoms with van der Waals surface area (Å²) in [6.07, 6.45) is 14.5. The van der Waals surface area contributed by atoms with Crippen LogP contribution in [0.1, 0.15) is 130 Å². The van der Waals surface area contributed by atoms with Gasteiger partial charge < -0.3 is 19.7 Å². The molecule has 0 saturated heterocycles. The molecule has 40 heavy (non-hydrogen) atoms. The summed E-state index contributed by atoms with van der Waals surface area (Å²) in [5.74, 6) is -6.89. The molecule has 2 N–H and O–H groups in total. The highest BCUT2D eigenvalue weighted by Gasteiger charge is 2.50. The first-order valence-electron chi connectivity index (χ1n) is 15.8. The van der Waals surface area contributed by atoms with Gasteiger partial charge in [0.25, 0.3) is 0 Å². The molecule has 0 bridgehead atoms. The molecule has 1 saturated carbocycles. The van der Waals surface area contributed by atoms with Crippen LogP contribution in [0.2, 0.25) is 0 Å². The Hall–Kier alpha value is -2.12. The molecule has 8 nitrogen and oxygen atoms in total. The van der Waals surface area contributed by atoms with Crippen LogP contribution in [-0.2, 0) is 28.7 Å². The summed E-state index contributed by atoms with van der Waals surface area (Å²) in [7, 11) is 0. The van der Waals surface area contributed by atoms with Crippen molar-refractivity contribution in [1.29, 1.82) is 0 Å². The lowest BCUT2D eigenvalue weighted by Gasteiger charge is -2.35. The summed E-state index contributed by atoms with van der Waals surface area (Å²) in [6.45, 7) is 9.32. The van der Waals surface area contributed by atoms with E-state index in [0.29, 0.717) is 12.8 Å². The molecule has 0 radical (unpaired) electrons. The van der Waals surface area contributed by atoms with E-state index in [-0.39, 0.29) is 26.1 Å². The van der Waals surface area contributed by atoms with Crippen molar-refractivity contribution in [3.05, 3.63) is 0 Å². The van der Waals surface area contributed by atoms with E-state index in [1.807, 2.05) is 0 Å². The molecule has 1 rings (SSSR count). The third-order valence-electron chi connectivity index (χ3n) is 8.07. The summed E-state index contributed by atoms with van der Waals surface area (Å²) < 4.78 is 10.9. The Morgan fingerprint density at radius 1 is 0.525 bits per heavy atom. The SMILES string of the molecule is CC(C)CCCCCCCCOC(=O)C1CC(C(=O)O)C(C(=O)O)CC1C(=O)OCCCCCCCCC(C)C. The van der Waals surface area contributed by atoms with Crippen molar-refractivity contribution in [2.24, 2.45) is 35.5 Å². The molecule has 1 aliphatic rings. The summed E-state index contributed by atoms with van der Waals surface area (Å²) in [6, 6.07) is 0. The van der Waals surface area contributed by atoms with Crippen molar-refractivity contribution in [1.82, 2.24) is 0 Å². The van der Waals surface area contributed by atoms with E-state index in [1.54, 1.807) is 0 Å². The zero-order chi connectivity index (χ0) is 29.9. The van der Waals surface area contributed by atoms with E-state index in [9.17, 15) is 29.4 Å². The van der Waals surface area contributed by atoms with Gasteiger partial charge >= 0.3 is 23.9 Å². The second-order valence-corrected chi connectivity index (χ2v) is 12.5. The second-order valence-electron chi connectivity index (χ2n) is 12.5. The van der Waals surface area contributed by atoms with E-state index in [0.717, 1.165) is 50.4 Å². The highest BCUT2D eigenvalue weighted by molar-refractivity contribution is 5.86. The van der Waals surface area contributed by atoms with Crippen LogP contribution in [0.15, 0.2) is 0 Å². The van der Waals surface area contributed by atoms with Crippen molar-refractivity contribution < 1.29 is 38.9 Å². The minimum atomic E-state index is -1.28. The highest BCUT2D eigenvalue weighted by atomic mass is 16.5. The van der Waals surface area contributed by atoms with Crippen LogP contribution < -0.4 is 0 Å². The Kier molecular flexibility index (Phi) is 18.6. The zero-order valence-corrected chi connectivity index (χ0v) is 25.5. The first-order valence-corrected chi connectivity index (χ1v) is 15.8. The number of hydrogen-bond donors (Lipinski definition) is 2. The van der Waals surface area contributed by atoms with Gasteiger partial charge in [0.15, 0.2) is 0 Å². The Balaban J connectivity index is 2.54. The predicted molar refractivity (Wildman–Crippen MR) is 155 cm³/mol. The first kappa shape index (κ1) is 35.9. The van der Waals surface area contributed by atoms with Gasteiger partial charge in [0.2, 0.25) is 0 Å². The van der Waals surface area contributed by atoms with Gasteiger partial charge in [0, 0.05) is 0 Å². The monoisotopic (exact) mass is 568 g/mol. The van der Waals surface area contributed by atoms with Crippen molar-refractivity contribution >= 4 is 23.9 Å². The molecular formula is C32H56O8. The largest absolute Gasteiger partial charge is 0.481 e. The van der Waals surface area contributed by atoms with E-state index in [1.165, 1.54) is 38.5 Å². The molecule has 0 aromatic rings. The number of aliphatic carboxylic acids is 2. The lowest BCUT2D eigenvalue weighted by atomic mass is 9.68. The van der Waals surface area contributed by atoms with Gasteiger partial charge in [-0.05, 0) is 37.5 Å². The lowest BCUT2D eigenvalue weighted by molar-refractivity contribution is -0.172.